The molecule has 0 fully saturated rings. The van der Waals surface area contributed by atoms with Gasteiger partial charge < -0.3 is 9.72 Å². The topological polar surface area (TPSA) is 42.1 Å². The van der Waals surface area contributed by atoms with Crippen molar-refractivity contribution in [3.63, 3.8) is 0 Å². The molecule has 0 bridgehead atoms. The van der Waals surface area contributed by atoms with Gasteiger partial charge in [0.25, 0.3) is 0 Å². The Morgan fingerprint density at radius 2 is 2.18 bits per heavy atom. The Morgan fingerprint density at radius 3 is 2.65 bits per heavy atom. The Hall–Kier alpha value is -1.55. The van der Waals surface area contributed by atoms with Crippen LogP contribution in [0.1, 0.15) is 13.8 Å². The van der Waals surface area contributed by atoms with E-state index < -0.39 is 0 Å². The van der Waals surface area contributed by atoms with Crippen molar-refractivity contribution in [3.05, 3.63) is 63.2 Å². The molecule has 17 heavy (non-hydrogen) atoms. The molecule has 1 heterocycles. The van der Waals surface area contributed by atoms with E-state index in [0.29, 0.717) is 16.0 Å². The second kappa shape index (κ2) is 5.68. The Balaban J connectivity index is 3.15. The fourth-order valence-electron chi connectivity index (χ4n) is 1.22. The summed E-state index contributed by atoms with van der Waals surface area (Å²) >= 11 is 3.27. The van der Waals surface area contributed by atoms with E-state index in [1.165, 1.54) is 12.3 Å². The van der Waals surface area contributed by atoms with E-state index in [9.17, 15) is 4.79 Å². The molecule has 0 amide bonds. The molecule has 0 spiro atoms. The van der Waals surface area contributed by atoms with Gasteiger partial charge in [-0.3, -0.25) is 4.79 Å². The van der Waals surface area contributed by atoms with Crippen LogP contribution in [-0.2, 0) is 0 Å². The predicted molar refractivity (Wildman–Crippen MR) is 73.1 cm³/mol. The van der Waals surface area contributed by atoms with Gasteiger partial charge in [-0.25, -0.2) is 0 Å². The Morgan fingerprint density at radius 1 is 1.53 bits per heavy atom. The zero-order valence-corrected chi connectivity index (χ0v) is 11.4. The van der Waals surface area contributed by atoms with Crippen LogP contribution >= 0.6 is 15.9 Å². The van der Waals surface area contributed by atoms with Gasteiger partial charge in [0.05, 0.1) is 4.47 Å². The first-order valence-electron chi connectivity index (χ1n) is 5.01. The number of pyridine rings is 1. The maximum atomic E-state index is 11.1. The summed E-state index contributed by atoms with van der Waals surface area (Å²) in [5.41, 5.74) is 1.49. The van der Waals surface area contributed by atoms with Crippen LogP contribution in [0.4, 0.5) is 0 Å². The number of H-pyrrole nitrogens is 1. The minimum absolute atomic E-state index is 0.189. The minimum atomic E-state index is -0.189. The van der Waals surface area contributed by atoms with Crippen molar-refractivity contribution >= 4 is 15.9 Å². The van der Waals surface area contributed by atoms with Gasteiger partial charge in [0.1, 0.15) is 5.76 Å². The van der Waals surface area contributed by atoms with Crippen LogP contribution < -0.4 is 10.3 Å². The Bertz CT molecular complexity index is 541. The van der Waals surface area contributed by atoms with Crippen molar-refractivity contribution in [2.75, 3.05) is 0 Å². The summed E-state index contributed by atoms with van der Waals surface area (Å²) in [5, 5.41) is 0. The summed E-state index contributed by atoms with van der Waals surface area (Å²) in [4.78, 5) is 13.6. The van der Waals surface area contributed by atoms with Crippen molar-refractivity contribution in [2.24, 2.45) is 0 Å². The van der Waals surface area contributed by atoms with Crippen molar-refractivity contribution in [1.82, 2.24) is 4.98 Å². The second-order valence-electron chi connectivity index (χ2n) is 3.61. The summed E-state index contributed by atoms with van der Waals surface area (Å²) in [6.45, 7) is 11.3. The molecule has 1 aromatic heterocycles. The summed E-state index contributed by atoms with van der Waals surface area (Å²) in [6.07, 6.45) is 3.20. The smallest absolute Gasteiger partial charge is 0.249 e. The molecule has 0 aromatic carbocycles. The number of nitrogens with one attached hydrogen (secondary N) is 1. The van der Waals surface area contributed by atoms with Crippen molar-refractivity contribution in [2.45, 2.75) is 13.8 Å². The number of rotatable bonds is 4. The molecule has 0 saturated heterocycles. The number of allylic oxidation sites excluding steroid dienone is 3. The van der Waals surface area contributed by atoms with E-state index >= 15 is 0 Å². The highest BCUT2D eigenvalue weighted by Gasteiger charge is 2.08. The maximum Gasteiger partial charge on any atom is 0.249 e. The molecule has 0 radical (unpaired) electrons. The number of aromatic amines is 1. The fourth-order valence-corrected chi connectivity index (χ4v) is 1.62. The minimum Gasteiger partial charge on any atom is -0.454 e. The lowest BCUT2D eigenvalue weighted by Crippen LogP contribution is -2.06. The lowest BCUT2D eigenvalue weighted by Gasteiger charge is -2.12. The van der Waals surface area contributed by atoms with Crippen LogP contribution in [0.3, 0.4) is 0 Å². The van der Waals surface area contributed by atoms with E-state index in [0.717, 1.165) is 11.1 Å². The monoisotopic (exact) mass is 295 g/mol. The molecule has 1 N–H and O–H groups in total. The first kappa shape index (κ1) is 13.5. The van der Waals surface area contributed by atoms with Crippen LogP contribution in [0.2, 0.25) is 0 Å². The second-order valence-corrected chi connectivity index (χ2v) is 4.46. The van der Waals surface area contributed by atoms with Gasteiger partial charge in [0, 0.05) is 12.3 Å². The third-order valence-electron chi connectivity index (χ3n) is 2.10. The van der Waals surface area contributed by atoms with Gasteiger partial charge in [-0.05, 0) is 40.9 Å². The zero-order valence-electron chi connectivity index (χ0n) is 9.84. The van der Waals surface area contributed by atoms with Crippen molar-refractivity contribution in [3.8, 4) is 5.75 Å². The van der Waals surface area contributed by atoms with Gasteiger partial charge in [0.2, 0.25) is 5.56 Å². The van der Waals surface area contributed by atoms with Crippen LogP contribution in [-0.4, -0.2) is 4.98 Å². The Kier molecular flexibility index (Phi) is 4.52. The molecular weight excluding hydrogens is 282 g/mol. The molecular formula is C13H14BrNO2. The number of hydrogen-bond acceptors (Lipinski definition) is 2. The third kappa shape index (κ3) is 3.46. The molecule has 1 aromatic rings. The Labute approximate surface area is 109 Å². The van der Waals surface area contributed by atoms with E-state index in [1.807, 2.05) is 13.8 Å². The van der Waals surface area contributed by atoms with Gasteiger partial charge in [-0.1, -0.05) is 19.2 Å². The van der Waals surface area contributed by atoms with Crippen LogP contribution in [0.5, 0.6) is 5.75 Å². The highest BCUT2D eigenvalue weighted by atomic mass is 79.9. The lowest BCUT2D eigenvalue weighted by atomic mass is 10.1. The SMILES string of the molecule is C=C/C(C)=C(/Oc1c[nH]c(=O)cc1Br)C(=C)C. The molecule has 90 valence electrons. The average molecular weight is 296 g/mol. The molecule has 0 aliphatic heterocycles. The molecule has 1 rings (SSSR count). The van der Waals surface area contributed by atoms with Crippen molar-refractivity contribution in [1.29, 1.82) is 0 Å². The molecule has 3 nitrogen and oxygen atoms in total. The number of aromatic nitrogens is 1. The quantitative estimate of drug-likeness (QED) is 0.682. The number of halogens is 1. The third-order valence-corrected chi connectivity index (χ3v) is 2.72. The van der Waals surface area contributed by atoms with Gasteiger partial charge in [0.15, 0.2) is 5.75 Å². The summed E-state index contributed by atoms with van der Waals surface area (Å²) < 4.78 is 6.30. The highest BCUT2D eigenvalue weighted by Crippen LogP contribution is 2.26. The molecule has 0 aliphatic carbocycles. The first-order chi connectivity index (χ1) is 7.95. The molecule has 0 atom stereocenters. The summed E-state index contributed by atoms with van der Waals surface area (Å²) in [7, 11) is 0. The molecule has 0 saturated carbocycles. The van der Waals surface area contributed by atoms with E-state index in [2.05, 4.69) is 34.1 Å². The van der Waals surface area contributed by atoms with Gasteiger partial charge in [-0.15, -0.1) is 0 Å². The normalized spacial score (nSPS) is 11.7. The highest BCUT2D eigenvalue weighted by molar-refractivity contribution is 9.10. The largest absolute Gasteiger partial charge is 0.454 e. The number of hydrogen-bond donors (Lipinski definition) is 1. The maximum absolute atomic E-state index is 11.1. The molecule has 4 heteroatoms. The fraction of sp³-hybridized carbons (Fsp3) is 0.154. The zero-order chi connectivity index (χ0) is 13.0. The summed E-state index contributed by atoms with van der Waals surface area (Å²) in [5.74, 6) is 1.18. The standard InChI is InChI=1S/C13H14BrNO2/c1-5-9(4)13(8(2)3)17-11-7-15-12(16)6-10(11)14/h5-7H,1-2H2,3-4H3,(H,15,16)/b13-9+. The van der Waals surface area contributed by atoms with E-state index in [-0.39, 0.29) is 5.56 Å². The van der Waals surface area contributed by atoms with Crippen LogP contribution in [0.25, 0.3) is 0 Å². The van der Waals surface area contributed by atoms with Gasteiger partial charge in [-0.2, -0.15) is 0 Å². The van der Waals surface area contributed by atoms with E-state index in [4.69, 9.17) is 4.74 Å². The number of ether oxygens (including phenoxy) is 1. The molecule has 0 aliphatic rings. The average Bonchev–Trinajstić information content (AvgIpc) is 2.26. The van der Waals surface area contributed by atoms with Gasteiger partial charge >= 0.3 is 0 Å². The first-order valence-corrected chi connectivity index (χ1v) is 5.80. The predicted octanol–water partition coefficient (Wildman–Crippen LogP) is 3.55. The van der Waals surface area contributed by atoms with Crippen LogP contribution in [0.15, 0.2) is 57.7 Å². The lowest BCUT2D eigenvalue weighted by molar-refractivity contribution is 0.427. The summed E-state index contributed by atoms with van der Waals surface area (Å²) in [6, 6.07) is 1.41. The van der Waals surface area contributed by atoms with Crippen LogP contribution in [0, 0.1) is 0 Å². The molecule has 0 unspecified atom stereocenters. The van der Waals surface area contributed by atoms with E-state index in [1.54, 1.807) is 6.08 Å². The van der Waals surface area contributed by atoms with Crippen molar-refractivity contribution < 1.29 is 4.74 Å².